The van der Waals surface area contributed by atoms with Crippen LogP contribution in [0.3, 0.4) is 0 Å². The molecule has 0 amide bonds. The Balaban J connectivity index is 3.21. The topological polar surface area (TPSA) is 24.7 Å². The van der Waals surface area contributed by atoms with Crippen LogP contribution in [0.4, 0.5) is 0 Å². The predicted octanol–water partition coefficient (Wildman–Crippen LogP) is 0.734. The second kappa shape index (κ2) is 2.57. The second-order valence-electron chi connectivity index (χ2n) is 0.997. The van der Waals surface area contributed by atoms with Gasteiger partial charge in [0.1, 0.15) is 6.17 Å². The Morgan fingerprint density at radius 2 is 1.67 bits per heavy atom. The summed E-state index contributed by atoms with van der Waals surface area (Å²) in [6.45, 7) is 8.31. The molecule has 6 heavy (non-hydrogen) atoms. The molecule has 0 atom stereocenters. The molecule has 0 heterocycles. The maximum absolute atomic E-state index is 3.53. The van der Waals surface area contributed by atoms with Crippen LogP contribution < -0.4 is 0 Å². The van der Waals surface area contributed by atoms with E-state index in [9.17, 15) is 0 Å². The number of aliphatic imine (C=N–C) groups is 2. The van der Waals surface area contributed by atoms with Gasteiger partial charge in [-0.15, -0.1) is 0 Å². The molecular weight excluding hydrogens is 76.1 g/mol. The van der Waals surface area contributed by atoms with E-state index >= 15 is 0 Å². The van der Waals surface area contributed by atoms with E-state index in [0.29, 0.717) is 0 Å². The van der Waals surface area contributed by atoms with Gasteiger partial charge in [0.2, 0.25) is 0 Å². The number of hydrogen-bond acceptors (Lipinski definition) is 2. The van der Waals surface area contributed by atoms with Gasteiger partial charge in [-0.25, -0.2) is 0 Å². The third-order valence-electron chi connectivity index (χ3n) is 0.528. The Hall–Kier alpha value is -0.660. The zero-order chi connectivity index (χ0) is 4.99. The van der Waals surface area contributed by atoms with E-state index in [1.54, 1.807) is 0 Å². The lowest BCUT2D eigenvalue weighted by Gasteiger charge is -1.89. The van der Waals surface area contributed by atoms with Crippen molar-refractivity contribution in [3.05, 3.63) is 0 Å². The third-order valence-corrected chi connectivity index (χ3v) is 0.528. The Bertz CT molecular complexity index is 50.6. The SMILES string of the molecule is C=NC(C)N=C. The summed E-state index contributed by atoms with van der Waals surface area (Å²) in [7, 11) is 0. The van der Waals surface area contributed by atoms with Gasteiger partial charge in [-0.2, -0.15) is 0 Å². The van der Waals surface area contributed by atoms with Crippen molar-refractivity contribution in [3.63, 3.8) is 0 Å². The minimum atomic E-state index is -0.0370. The molecule has 0 N–H and O–H groups in total. The lowest BCUT2D eigenvalue weighted by Crippen LogP contribution is -1.86. The van der Waals surface area contributed by atoms with Gasteiger partial charge in [-0.05, 0) is 20.4 Å². The molecule has 2 heteroatoms. The van der Waals surface area contributed by atoms with Crippen molar-refractivity contribution < 1.29 is 0 Å². The molecular formula is C4H8N2. The fourth-order valence-corrected chi connectivity index (χ4v) is 0.0577. The quantitative estimate of drug-likeness (QED) is 0.441. The van der Waals surface area contributed by atoms with Gasteiger partial charge in [-0.3, -0.25) is 9.98 Å². The molecule has 34 valence electrons. The molecule has 0 radical (unpaired) electrons. The maximum Gasteiger partial charge on any atom is 0.135 e. The van der Waals surface area contributed by atoms with Crippen LogP contribution in [0.15, 0.2) is 9.98 Å². The highest BCUT2D eigenvalue weighted by Gasteiger charge is 1.80. The zero-order valence-electron chi connectivity index (χ0n) is 3.89. The van der Waals surface area contributed by atoms with Gasteiger partial charge >= 0.3 is 0 Å². The van der Waals surface area contributed by atoms with Gasteiger partial charge in [0.25, 0.3) is 0 Å². The van der Waals surface area contributed by atoms with E-state index in [1.807, 2.05) is 6.92 Å². The van der Waals surface area contributed by atoms with Crippen molar-refractivity contribution in [2.24, 2.45) is 9.98 Å². The van der Waals surface area contributed by atoms with Gasteiger partial charge in [0.15, 0.2) is 0 Å². The fourth-order valence-electron chi connectivity index (χ4n) is 0.0577. The van der Waals surface area contributed by atoms with Gasteiger partial charge in [0.05, 0.1) is 0 Å². The number of nitrogens with zero attached hydrogens (tertiary/aromatic N) is 2. The summed E-state index contributed by atoms with van der Waals surface area (Å²) < 4.78 is 0. The first-order valence-electron chi connectivity index (χ1n) is 1.73. The summed E-state index contributed by atoms with van der Waals surface area (Å²) in [4.78, 5) is 7.06. The van der Waals surface area contributed by atoms with Crippen LogP contribution in [0.25, 0.3) is 0 Å². The lowest BCUT2D eigenvalue weighted by atomic mass is 10.6. The predicted molar refractivity (Wildman–Crippen MR) is 28.6 cm³/mol. The molecule has 0 bridgehead atoms. The number of rotatable bonds is 2. The highest BCUT2D eigenvalue weighted by Crippen LogP contribution is 1.82. The van der Waals surface area contributed by atoms with E-state index in [0.717, 1.165) is 0 Å². The molecule has 0 aliphatic carbocycles. The summed E-state index contributed by atoms with van der Waals surface area (Å²) in [5.74, 6) is 0. The van der Waals surface area contributed by atoms with E-state index in [1.165, 1.54) is 0 Å². The molecule has 0 aromatic heterocycles. The van der Waals surface area contributed by atoms with Crippen LogP contribution >= 0.6 is 0 Å². The molecule has 0 saturated heterocycles. The van der Waals surface area contributed by atoms with Crippen molar-refractivity contribution in [2.45, 2.75) is 13.1 Å². The highest BCUT2D eigenvalue weighted by molar-refractivity contribution is 5.27. The highest BCUT2D eigenvalue weighted by atomic mass is 14.9. The Kier molecular flexibility index (Phi) is 2.29. The molecule has 0 spiro atoms. The summed E-state index contributed by atoms with van der Waals surface area (Å²) in [5, 5.41) is 0. The van der Waals surface area contributed by atoms with E-state index in [4.69, 9.17) is 0 Å². The molecule has 0 fully saturated rings. The maximum atomic E-state index is 3.53. The fraction of sp³-hybridized carbons (Fsp3) is 0.500. The number of hydrogen-bond donors (Lipinski definition) is 0. The monoisotopic (exact) mass is 84.1 g/mol. The normalized spacial score (nSPS) is 8.33. The third kappa shape index (κ3) is 1.64. The van der Waals surface area contributed by atoms with Crippen LogP contribution in [0.5, 0.6) is 0 Å². The van der Waals surface area contributed by atoms with Crippen molar-refractivity contribution in [3.8, 4) is 0 Å². The molecule has 0 saturated carbocycles. The largest absolute Gasteiger partial charge is 0.275 e. The van der Waals surface area contributed by atoms with Crippen molar-refractivity contribution >= 4 is 13.4 Å². The first kappa shape index (κ1) is 5.34. The summed E-state index contributed by atoms with van der Waals surface area (Å²) in [6, 6.07) is 0. The van der Waals surface area contributed by atoms with Gasteiger partial charge < -0.3 is 0 Å². The molecule has 0 aromatic carbocycles. The van der Waals surface area contributed by atoms with Crippen LogP contribution in [0.1, 0.15) is 6.92 Å². The average Bonchev–Trinajstić information content (AvgIpc) is 1.65. The first-order chi connectivity index (χ1) is 2.81. The minimum Gasteiger partial charge on any atom is -0.275 e. The van der Waals surface area contributed by atoms with Gasteiger partial charge in [-0.1, -0.05) is 0 Å². The summed E-state index contributed by atoms with van der Waals surface area (Å²) in [5.41, 5.74) is 0. The minimum absolute atomic E-state index is 0.0370. The van der Waals surface area contributed by atoms with Gasteiger partial charge in [0, 0.05) is 0 Å². The molecule has 0 aliphatic heterocycles. The molecule has 0 unspecified atom stereocenters. The van der Waals surface area contributed by atoms with Crippen molar-refractivity contribution in [1.29, 1.82) is 0 Å². The van der Waals surface area contributed by atoms with E-state index in [2.05, 4.69) is 23.4 Å². The van der Waals surface area contributed by atoms with Crippen LogP contribution in [-0.4, -0.2) is 19.6 Å². The van der Waals surface area contributed by atoms with Crippen molar-refractivity contribution in [1.82, 2.24) is 0 Å². The van der Waals surface area contributed by atoms with Crippen molar-refractivity contribution in [2.75, 3.05) is 0 Å². The lowest BCUT2D eigenvalue weighted by molar-refractivity contribution is 0.809. The average molecular weight is 84.1 g/mol. The van der Waals surface area contributed by atoms with Crippen LogP contribution in [0.2, 0.25) is 0 Å². The Morgan fingerprint density at radius 1 is 1.33 bits per heavy atom. The van der Waals surface area contributed by atoms with E-state index in [-0.39, 0.29) is 6.17 Å². The van der Waals surface area contributed by atoms with Crippen LogP contribution in [0, 0.1) is 0 Å². The molecule has 2 nitrogen and oxygen atoms in total. The Morgan fingerprint density at radius 3 is 1.67 bits per heavy atom. The van der Waals surface area contributed by atoms with Crippen LogP contribution in [-0.2, 0) is 0 Å². The second-order valence-corrected chi connectivity index (χ2v) is 0.997. The van der Waals surface area contributed by atoms with E-state index < -0.39 is 0 Å². The zero-order valence-corrected chi connectivity index (χ0v) is 3.89. The summed E-state index contributed by atoms with van der Waals surface area (Å²) >= 11 is 0. The smallest absolute Gasteiger partial charge is 0.135 e. The molecule has 0 rings (SSSR count). The standard InChI is InChI=1S/C4H8N2/c1-4(5-2)6-3/h4H,2-3H2,1H3. The molecule has 0 aromatic rings. The Labute approximate surface area is 37.6 Å². The first-order valence-corrected chi connectivity index (χ1v) is 1.73. The summed E-state index contributed by atoms with van der Waals surface area (Å²) in [6.07, 6.45) is -0.0370. The molecule has 0 aliphatic rings.